The van der Waals surface area contributed by atoms with Crippen molar-refractivity contribution in [1.82, 2.24) is 10.2 Å². The fourth-order valence-electron chi connectivity index (χ4n) is 3.08. The van der Waals surface area contributed by atoms with E-state index >= 15 is 0 Å². The zero-order valence-electron chi connectivity index (χ0n) is 8.74. The lowest BCUT2D eigenvalue weighted by Gasteiger charge is -2.32. The molecule has 0 aromatic carbocycles. The SMILES string of the molecule is C1CCC(CN2CC3CC2CN3)OC1. The maximum atomic E-state index is 5.79. The summed E-state index contributed by atoms with van der Waals surface area (Å²) in [5.74, 6) is 0. The minimum Gasteiger partial charge on any atom is -0.377 e. The molecule has 0 aromatic heterocycles. The van der Waals surface area contributed by atoms with Gasteiger partial charge in [0.05, 0.1) is 6.10 Å². The third-order valence-corrected chi connectivity index (χ3v) is 3.88. The van der Waals surface area contributed by atoms with Gasteiger partial charge in [-0.1, -0.05) is 0 Å². The van der Waals surface area contributed by atoms with Crippen molar-refractivity contribution in [1.29, 1.82) is 0 Å². The van der Waals surface area contributed by atoms with E-state index in [1.165, 1.54) is 45.3 Å². The van der Waals surface area contributed by atoms with Gasteiger partial charge in [-0.3, -0.25) is 4.90 Å². The van der Waals surface area contributed by atoms with Crippen LogP contribution in [0.15, 0.2) is 0 Å². The summed E-state index contributed by atoms with van der Waals surface area (Å²) in [6, 6.07) is 1.59. The lowest BCUT2D eigenvalue weighted by atomic mass is 10.1. The van der Waals surface area contributed by atoms with Crippen LogP contribution in [0.5, 0.6) is 0 Å². The van der Waals surface area contributed by atoms with Crippen LogP contribution in [0.25, 0.3) is 0 Å². The van der Waals surface area contributed by atoms with Gasteiger partial charge < -0.3 is 10.1 Å². The molecule has 1 N–H and O–H groups in total. The summed E-state index contributed by atoms with van der Waals surface area (Å²) in [5, 5.41) is 3.54. The minimum atomic E-state index is 0.531. The summed E-state index contributed by atoms with van der Waals surface area (Å²) in [6.45, 7) is 4.63. The van der Waals surface area contributed by atoms with Gasteiger partial charge >= 0.3 is 0 Å². The molecule has 3 heterocycles. The van der Waals surface area contributed by atoms with Crippen LogP contribution in [0.2, 0.25) is 0 Å². The maximum absolute atomic E-state index is 5.79. The molecule has 0 amide bonds. The van der Waals surface area contributed by atoms with E-state index in [9.17, 15) is 0 Å². The summed E-state index contributed by atoms with van der Waals surface area (Å²) >= 11 is 0. The Morgan fingerprint density at radius 2 is 2.36 bits per heavy atom. The Bertz CT molecular complexity index is 203. The first-order chi connectivity index (χ1) is 6.92. The second kappa shape index (κ2) is 3.80. The van der Waals surface area contributed by atoms with Crippen molar-refractivity contribution in [3.05, 3.63) is 0 Å². The third-order valence-electron chi connectivity index (χ3n) is 3.88. The van der Waals surface area contributed by atoms with Crippen molar-refractivity contribution in [3.8, 4) is 0 Å². The molecule has 14 heavy (non-hydrogen) atoms. The van der Waals surface area contributed by atoms with E-state index in [4.69, 9.17) is 4.74 Å². The quantitative estimate of drug-likeness (QED) is 0.700. The van der Waals surface area contributed by atoms with E-state index < -0.39 is 0 Å². The van der Waals surface area contributed by atoms with Gasteiger partial charge in [0, 0.05) is 38.3 Å². The standard InChI is InChI=1S/C11H20N2O/c1-2-4-14-11(3-1)8-13-7-9-5-10(13)6-12-9/h9-12H,1-8H2. The second-order valence-corrected chi connectivity index (χ2v) is 4.94. The Kier molecular flexibility index (Phi) is 2.48. The van der Waals surface area contributed by atoms with Gasteiger partial charge in [-0.25, -0.2) is 0 Å². The number of likely N-dealkylation sites (tertiary alicyclic amines) is 1. The van der Waals surface area contributed by atoms with Gasteiger partial charge in [-0.15, -0.1) is 0 Å². The van der Waals surface area contributed by atoms with E-state index in [2.05, 4.69) is 10.2 Å². The molecule has 3 nitrogen and oxygen atoms in total. The van der Waals surface area contributed by atoms with Gasteiger partial charge in [0.1, 0.15) is 0 Å². The highest BCUT2D eigenvalue weighted by molar-refractivity contribution is 4.97. The average molecular weight is 196 g/mol. The molecule has 0 aromatic rings. The van der Waals surface area contributed by atoms with E-state index in [1.807, 2.05) is 0 Å². The molecule has 3 aliphatic rings. The predicted molar refractivity (Wildman–Crippen MR) is 55.4 cm³/mol. The van der Waals surface area contributed by atoms with Crippen LogP contribution < -0.4 is 5.32 Å². The van der Waals surface area contributed by atoms with Gasteiger partial charge in [0.25, 0.3) is 0 Å². The monoisotopic (exact) mass is 196 g/mol. The first-order valence-electron chi connectivity index (χ1n) is 6.01. The summed E-state index contributed by atoms with van der Waals surface area (Å²) in [5.41, 5.74) is 0. The number of hydrogen-bond donors (Lipinski definition) is 1. The van der Waals surface area contributed by atoms with Crippen molar-refractivity contribution in [3.63, 3.8) is 0 Å². The smallest absolute Gasteiger partial charge is 0.0702 e. The second-order valence-electron chi connectivity index (χ2n) is 4.94. The zero-order valence-corrected chi connectivity index (χ0v) is 8.74. The molecule has 0 spiro atoms. The summed E-state index contributed by atoms with van der Waals surface area (Å²) < 4.78 is 5.79. The first kappa shape index (κ1) is 9.13. The molecule has 3 saturated heterocycles. The molecule has 3 heteroatoms. The van der Waals surface area contributed by atoms with Crippen LogP contribution in [0.3, 0.4) is 0 Å². The fourth-order valence-corrected chi connectivity index (χ4v) is 3.08. The van der Waals surface area contributed by atoms with Crippen LogP contribution in [0.4, 0.5) is 0 Å². The molecule has 3 fully saturated rings. The Hall–Kier alpha value is -0.120. The summed E-state index contributed by atoms with van der Waals surface area (Å²) in [6.07, 6.45) is 5.81. The summed E-state index contributed by atoms with van der Waals surface area (Å²) in [7, 11) is 0. The highest BCUT2D eigenvalue weighted by Crippen LogP contribution is 2.25. The van der Waals surface area contributed by atoms with Crippen molar-refractivity contribution < 1.29 is 4.74 Å². The average Bonchev–Trinajstić information content (AvgIpc) is 2.81. The summed E-state index contributed by atoms with van der Waals surface area (Å²) in [4.78, 5) is 2.64. The number of nitrogens with one attached hydrogen (secondary N) is 1. The largest absolute Gasteiger partial charge is 0.377 e. The molecule has 0 radical (unpaired) electrons. The Balaban J connectivity index is 1.52. The number of ether oxygens (including phenoxy) is 1. The van der Waals surface area contributed by atoms with E-state index in [-0.39, 0.29) is 0 Å². The van der Waals surface area contributed by atoms with Crippen LogP contribution >= 0.6 is 0 Å². The molecule has 3 rings (SSSR count). The molecule has 2 bridgehead atoms. The highest BCUT2D eigenvalue weighted by Gasteiger charge is 2.38. The molecule has 3 atom stereocenters. The van der Waals surface area contributed by atoms with E-state index in [0.29, 0.717) is 6.10 Å². The van der Waals surface area contributed by atoms with Gasteiger partial charge in [-0.2, -0.15) is 0 Å². The molecule has 3 aliphatic heterocycles. The lowest BCUT2D eigenvalue weighted by Crippen LogP contribution is -2.47. The normalized spacial score (nSPS) is 43.3. The molecular weight excluding hydrogens is 176 g/mol. The Labute approximate surface area is 85.8 Å². The molecular formula is C11H20N2O. The van der Waals surface area contributed by atoms with Gasteiger partial charge in [0.15, 0.2) is 0 Å². The predicted octanol–water partition coefficient (Wildman–Crippen LogP) is 0.602. The Morgan fingerprint density at radius 3 is 3.00 bits per heavy atom. The number of hydrogen-bond acceptors (Lipinski definition) is 3. The highest BCUT2D eigenvalue weighted by atomic mass is 16.5. The van der Waals surface area contributed by atoms with Crippen LogP contribution in [0.1, 0.15) is 25.7 Å². The molecule has 0 saturated carbocycles. The van der Waals surface area contributed by atoms with Crippen molar-refractivity contribution in [2.24, 2.45) is 0 Å². The molecule has 0 aliphatic carbocycles. The topological polar surface area (TPSA) is 24.5 Å². The van der Waals surface area contributed by atoms with Crippen LogP contribution in [0, 0.1) is 0 Å². The maximum Gasteiger partial charge on any atom is 0.0702 e. The van der Waals surface area contributed by atoms with Crippen LogP contribution in [-0.4, -0.2) is 49.3 Å². The first-order valence-corrected chi connectivity index (χ1v) is 6.01. The zero-order chi connectivity index (χ0) is 9.38. The van der Waals surface area contributed by atoms with E-state index in [1.54, 1.807) is 0 Å². The number of piperazine rings is 1. The van der Waals surface area contributed by atoms with Gasteiger partial charge in [0.2, 0.25) is 0 Å². The fraction of sp³-hybridized carbons (Fsp3) is 1.00. The molecule has 80 valence electrons. The number of rotatable bonds is 2. The lowest BCUT2D eigenvalue weighted by molar-refractivity contribution is -0.00968. The molecule has 3 unspecified atom stereocenters. The number of nitrogens with zero attached hydrogens (tertiary/aromatic N) is 1. The minimum absolute atomic E-state index is 0.531. The van der Waals surface area contributed by atoms with Crippen molar-refractivity contribution in [2.75, 3.05) is 26.2 Å². The number of fused-ring (bicyclic) bond motifs is 2. The third kappa shape index (κ3) is 1.69. The van der Waals surface area contributed by atoms with Gasteiger partial charge in [-0.05, 0) is 25.7 Å². The van der Waals surface area contributed by atoms with Crippen molar-refractivity contribution >= 4 is 0 Å². The Morgan fingerprint density at radius 1 is 1.36 bits per heavy atom. The van der Waals surface area contributed by atoms with Crippen LogP contribution in [-0.2, 0) is 4.74 Å². The van der Waals surface area contributed by atoms with Crippen molar-refractivity contribution in [2.45, 2.75) is 43.9 Å². The van der Waals surface area contributed by atoms with E-state index in [0.717, 1.165) is 18.7 Å².